The van der Waals surface area contributed by atoms with Crippen molar-refractivity contribution in [3.8, 4) is 11.5 Å². The van der Waals surface area contributed by atoms with E-state index in [1.165, 1.54) is 18.3 Å². The second-order valence-corrected chi connectivity index (χ2v) is 5.14. The summed E-state index contributed by atoms with van der Waals surface area (Å²) in [6, 6.07) is 11.0. The lowest BCUT2D eigenvalue weighted by molar-refractivity contribution is -0.120. The fourth-order valence-corrected chi connectivity index (χ4v) is 2.11. The first kappa shape index (κ1) is 19.2. The molecule has 0 unspecified atom stereocenters. The summed E-state index contributed by atoms with van der Waals surface area (Å²) in [7, 11) is 0. The Morgan fingerprint density at radius 3 is 2.62 bits per heavy atom. The number of rotatable bonds is 9. The summed E-state index contributed by atoms with van der Waals surface area (Å²) in [6.07, 6.45) is 1.33. The van der Waals surface area contributed by atoms with Crippen molar-refractivity contribution < 1.29 is 23.5 Å². The quantitative estimate of drug-likeness (QED) is 0.548. The lowest BCUT2D eigenvalue weighted by atomic mass is 10.2. The van der Waals surface area contributed by atoms with E-state index >= 15 is 0 Å². The Hall–Kier alpha value is -3.09. The summed E-state index contributed by atoms with van der Waals surface area (Å²) in [5, 5.41) is 6.34. The van der Waals surface area contributed by atoms with Crippen LogP contribution >= 0.6 is 0 Å². The molecule has 2 aromatic carbocycles. The molecule has 1 amide bonds. The van der Waals surface area contributed by atoms with Crippen LogP contribution in [-0.4, -0.2) is 31.9 Å². The highest BCUT2D eigenvalue weighted by molar-refractivity contribution is 5.92. The molecule has 0 aliphatic rings. The van der Waals surface area contributed by atoms with E-state index in [1.54, 1.807) is 30.3 Å². The van der Waals surface area contributed by atoms with Gasteiger partial charge in [0.05, 0.1) is 19.4 Å². The van der Waals surface area contributed by atoms with Crippen molar-refractivity contribution >= 4 is 17.8 Å². The molecule has 2 aromatic rings. The average molecular weight is 360 g/mol. The minimum Gasteiger partial charge on any atom is -0.490 e. The first-order valence-electron chi connectivity index (χ1n) is 8.22. The summed E-state index contributed by atoms with van der Waals surface area (Å²) in [5.41, 5.74) is 1.10. The normalized spacial score (nSPS) is 10.6. The number of nitrogens with one attached hydrogen (secondary N) is 1. The van der Waals surface area contributed by atoms with Crippen molar-refractivity contribution in [1.29, 1.82) is 0 Å². The van der Waals surface area contributed by atoms with Gasteiger partial charge < -0.3 is 19.6 Å². The van der Waals surface area contributed by atoms with Crippen LogP contribution < -0.4 is 14.8 Å². The van der Waals surface area contributed by atoms with Crippen LogP contribution in [0, 0.1) is 5.82 Å². The SMILES string of the molecule is CCOc1ccc(NC(=O)CO/N=C\c2cccc(F)c2)cc1OCC. The van der Waals surface area contributed by atoms with Gasteiger partial charge in [-0.05, 0) is 43.7 Å². The van der Waals surface area contributed by atoms with E-state index < -0.39 is 0 Å². The number of benzene rings is 2. The summed E-state index contributed by atoms with van der Waals surface area (Å²) in [5.74, 6) is 0.417. The van der Waals surface area contributed by atoms with E-state index in [-0.39, 0.29) is 18.3 Å². The van der Waals surface area contributed by atoms with E-state index in [1.807, 2.05) is 13.8 Å². The van der Waals surface area contributed by atoms with Crippen LogP contribution in [0.25, 0.3) is 0 Å². The van der Waals surface area contributed by atoms with E-state index in [9.17, 15) is 9.18 Å². The highest BCUT2D eigenvalue weighted by atomic mass is 19.1. The van der Waals surface area contributed by atoms with Crippen LogP contribution in [0.5, 0.6) is 11.5 Å². The molecule has 0 heterocycles. The minimum absolute atomic E-state index is 0.275. The Bertz CT molecular complexity index is 765. The molecular formula is C19H21FN2O4. The van der Waals surface area contributed by atoms with Gasteiger partial charge in [0.2, 0.25) is 0 Å². The standard InChI is InChI=1S/C19H21FN2O4/c1-3-24-17-9-8-16(11-18(17)25-4-2)22-19(23)13-26-21-12-14-6-5-7-15(20)10-14/h5-12H,3-4,13H2,1-2H3,(H,22,23)/b21-12-. The first-order valence-corrected chi connectivity index (χ1v) is 8.22. The highest BCUT2D eigenvalue weighted by Gasteiger charge is 2.08. The topological polar surface area (TPSA) is 69.2 Å². The van der Waals surface area contributed by atoms with Crippen LogP contribution in [0.2, 0.25) is 0 Å². The second kappa shape index (κ2) is 10.0. The molecule has 0 fully saturated rings. The molecule has 26 heavy (non-hydrogen) atoms. The fourth-order valence-electron chi connectivity index (χ4n) is 2.11. The van der Waals surface area contributed by atoms with Gasteiger partial charge in [0.1, 0.15) is 5.82 Å². The number of anilines is 1. The maximum atomic E-state index is 13.0. The number of halogens is 1. The Balaban J connectivity index is 1.88. The van der Waals surface area contributed by atoms with Crippen molar-refractivity contribution in [3.63, 3.8) is 0 Å². The van der Waals surface area contributed by atoms with Crippen LogP contribution in [-0.2, 0) is 9.63 Å². The van der Waals surface area contributed by atoms with Crippen LogP contribution in [0.3, 0.4) is 0 Å². The van der Waals surface area contributed by atoms with E-state index in [2.05, 4.69) is 10.5 Å². The lowest BCUT2D eigenvalue weighted by Gasteiger charge is -2.12. The first-order chi connectivity index (χ1) is 12.6. The molecule has 7 heteroatoms. The maximum Gasteiger partial charge on any atom is 0.265 e. The molecule has 2 rings (SSSR count). The summed E-state index contributed by atoms with van der Waals surface area (Å²) >= 11 is 0. The Morgan fingerprint density at radius 1 is 1.12 bits per heavy atom. The summed E-state index contributed by atoms with van der Waals surface area (Å²) in [6.45, 7) is 4.47. The monoisotopic (exact) mass is 360 g/mol. The third-order valence-corrected chi connectivity index (χ3v) is 3.15. The van der Waals surface area contributed by atoms with E-state index in [4.69, 9.17) is 14.3 Å². The van der Waals surface area contributed by atoms with Crippen molar-refractivity contribution in [3.05, 3.63) is 53.8 Å². The highest BCUT2D eigenvalue weighted by Crippen LogP contribution is 2.30. The number of amides is 1. The van der Waals surface area contributed by atoms with Gasteiger partial charge in [-0.15, -0.1) is 0 Å². The van der Waals surface area contributed by atoms with Gasteiger partial charge in [-0.3, -0.25) is 4.79 Å². The van der Waals surface area contributed by atoms with E-state index in [0.29, 0.717) is 36.0 Å². The number of carbonyl (C=O) groups excluding carboxylic acids is 1. The molecule has 0 aliphatic heterocycles. The van der Waals surface area contributed by atoms with Crippen molar-refractivity contribution in [2.45, 2.75) is 13.8 Å². The number of hydrogen-bond acceptors (Lipinski definition) is 5. The minimum atomic E-state index is -0.381. The van der Waals surface area contributed by atoms with Crippen molar-refractivity contribution in [2.75, 3.05) is 25.1 Å². The van der Waals surface area contributed by atoms with Gasteiger partial charge in [0, 0.05) is 11.8 Å². The smallest absolute Gasteiger partial charge is 0.265 e. The molecule has 0 radical (unpaired) electrons. The fraction of sp³-hybridized carbons (Fsp3) is 0.263. The predicted octanol–water partition coefficient (Wildman–Crippen LogP) is 3.61. The molecule has 0 aromatic heterocycles. The molecular weight excluding hydrogens is 339 g/mol. The van der Waals surface area contributed by atoms with Gasteiger partial charge in [-0.2, -0.15) is 0 Å². The molecule has 0 saturated heterocycles. The summed E-state index contributed by atoms with van der Waals surface area (Å²) < 4.78 is 24.0. The van der Waals surface area contributed by atoms with Gasteiger partial charge in [0.15, 0.2) is 18.1 Å². The van der Waals surface area contributed by atoms with E-state index in [0.717, 1.165) is 0 Å². The van der Waals surface area contributed by atoms with Crippen LogP contribution in [0.4, 0.5) is 10.1 Å². The Kier molecular flexibility index (Phi) is 7.42. The number of ether oxygens (including phenoxy) is 2. The van der Waals surface area contributed by atoms with Crippen LogP contribution in [0.15, 0.2) is 47.6 Å². The average Bonchev–Trinajstić information content (AvgIpc) is 2.61. The Morgan fingerprint density at radius 2 is 1.88 bits per heavy atom. The van der Waals surface area contributed by atoms with Crippen LogP contribution in [0.1, 0.15) is 19.4 Å². The number of hydrogen-bond donors (Lipinski definition) is 1. The molecule has 1 N–H and O–H groups in total. The largest absolute Gasteiger partial charge is 0.490 e. The second-order valence-electron chi connectivity index (χ2n) is 5.14. The molecule has 0 aliphatic carbocycles. The molecule has 0 saturated carbocycles. The zero-order valence-electron chi connectivity index (χ0n) is 14.7. The number of carbonyl (C=O) groups is 1. The molecule has 6 nitrogen and oxygen atoms in total. The van der Waals surface area contributed by atoms with Crippen molar-refractivity contribution in [2.24, 2.45) is 5.16 Å². The lowest BCUT2D eigenvalue weighted by Crippen LogP contribution is -2.17. The van der Waals surface area contributed by atoms with Gasteiger partial charge in [-0.1, -0.05) is 17.3 Å². The van der Waals surface area contributed by atoms with Gasteiger partial charge in [-0.25, -0.2) is 4.39 Å². The van der Waals surface area contributed by atoms with Crippen molar-refractivity contribution in [1.82, 2.24) is 0 Å². The molecule has 138 valence electrons. The zero-order valence-corrected chi connectivity index (χ0v) is 14.7. The third-order valence-electron chi connectivity index (χ3n) is 3.15. The molecule has 0 atom stereocenters. The van der Waals surface area contributed by atoms with Gasteiger partial charge in [0.25, 0.3) is 5.91 Å². The zero-order chi connectivity index (χ0) is 18.8. The maximum absolute atomic E-state index is 13.0. The number of nitrogens with zero attached hydrogens (tertiary/aromatic N) is 1. The van der Waals surface area contributed by atoms with Gasteiger partial charge >= 0.3 is 0 Å². The Labute approximate surface area is 151 Å². The molecule has 0 bridgehead atoms. The number of oxime groups is 1. The summed E-state index contributed by atoms with van der Waals surface area (Å²) in [4.78, 5) is 16.8. The predicted molar refractivity (Wildman–Crippen MR) is 97.4 cm³/mol. The third kappa shape index (κ3) is 6.08. The molecule has 0 spiro atoms.